The van der Waals surface area contributed by atoms with Gasteiger partial charge in [0.25, 0.3) is 6.43 Å². The van der Waals surface area contributed by atoms with Crippen LogP contribution in [0.25, 0.3) is 11.4 Å². The van der Waals surface area contributed by atoms with Gasteiger partial charge in [-0.05, 0) is 19.9 Å². The van der Waals surface area contributed by atoms with Crippen molar-refractivity contribution in [1.29, 1.82) is 0 Å². The van der Waals surface area contributed by atoms with Gasteiger partial charge in [0.15, 0.2) is 5.82 Å². The van der Waals surface area contributed by atoms with Crippen LogP contribution in [0.1, 0.15) is 25.8 Å². The molecule has 2 aliphatic heterocycles. The Morgan fingerprint density at radius 1 is 0.966 bits per heavy atom. The number of alkyl halides is 2. The molecule has 2 aliphatic rings. The maximum Gasteiger partial charge on any atom is 0.264 e. The quantitative estimate of drug-likeness (QED) is 0.766. The summed E-state index contributed by atoms with van der Waals surface area (Å²) in [6.45, 7) is 7.52. The highest BCUT2D eigenvalue weighted by molar-refractivity contribution is 5.62. The summed E-state index contributed by atoms with van der Waals surface area (Å²) in [5.74, 6) is 1.12. The number of rotatable bonds is 4. The third kappa shape index (κ3) is 4.13. The molecule has 8 nitrogen and oxygen atoms in total. The molecule has 2 saturated heterocycles. The lowest BCUT2D eigenvalue weighted by molar-refractivity contribution is 0.0969. The minimum atomic E-state index is -2.65. The largest absolute Gasteiger partial charge is 0.377 e. The van der Waals surface area contributed by atoms with Crippen molar-refractivity contribution in [3.05, 3.63) is 24.0 Å². The maximum atomic E-state index is 13.6. The number of halogens is 2. The lowest BCUT2D eigenvalue weighted by Gasteiger charge is -2.36. The summed E-state index contributed by atoms with van der Waals surface area (Å²) < 4.78 is 38.2. The summed E-state index contributed by atoms with van der Waals surface area (Å²) in [6, 6.07) is 1.44. The van der Waals surface area contributed by atoms with Gasteiger partial charge < -0.3 is 19.3 Å². The fourth-order valence-corrected chi connectivity index (χ4v) is 3.56. The number of pyridine rings is 1. The van der Waals surface area contributed by atoms with Gasteiger partial charge in [0, 0.05) is 36.6 Å². The van der Waals surface area contributed by atoms with Crippen LogP contribution in [0.15, 0.2) is 18.5 Å². The van der Waals surface area contributed by atoms with Crippen LogP contribution in [-0.2, 0) is 9.47 Å². The van der Waals surface area contributed by atoms with Crippen molar-refractivity contribution in [1.82, 2.24) is 19.9 Å². The molecule has 10 heteroatoms. The Balaban J connectivity index is 1.82. The van der Waals surface area contributed by atoms with E-state index in [0.717, 1.165) is 0 Å². The van der Waals surface area contributed by atoms with Gasteiger partial charge in [0.1, 0.15) is 0 Å². The Hall–Kier alpha value is -2.46. The number of ether oxygens (including phenoxy) is 2. The fourth-order valence-electron chi connectivity index (χ4n) is 3.56. The van der Waals surface area contributed by atoms with E-state index >= 15 is 0 Å². The summed E-state index contributed by atoms with van der Waals surface area (Å²) in [4.78, 5) is 21.9. The van der Waals surface area contributed by atoms with Crippen LogP contribution < -0.4 is 9.80 Å². The highest BCUT2D eigenvalue weighted by atomic mass is 19.3. The van der Waals surface area contributed by atoms with E-state index in [2.05, 4.69) is 15.0 Å². The second kappa shape index (κ2) is 8.50. The predicted molar refractivity (Wildman–Crippen MR) is 103 cm³/mol. The first-order valence-corrected chi connectivity index (χ1v) is 9.72. The minimum Gasteiger partial charge on any atom is -0.377 e. The molecule has 156 valence electrons. The molecule has 0 amide bonds. The molecule has 0 radical (unpaired) electrons. The Bertz CT molecular complexity index is 815. The van der Waals surface area contributed by atoms with Gasteiger partial charge in [-0.25, -0.2) is 8.78 Å². The van der Waals surface area contributed by atoms with Crippen molar-refractivity contribution in [3.8, 4) is 11.4 Å². The minimum absolute atomic E-state index is 0.0671. The van der Waals surface area contributed by atoms with Crippen molar-refractivity contribution in [2.45, 2.75) is 32.4 Å². The molecular formula is C19H24F2N6O2. The van der Waals surface area contributed by atoms with Crippen molar-refractivity contribution in [3.63, 3.8) is 0 Å². The molecule has 0 aliphatic carbocycles. The third-order valence-corrected chi connectivity index (χ3v) is 5.19. The third-order valence-electron chi connectivity index (χ3n) is 5.19. The lowest BCUT2D eigenvalue weighted by Crippen LogP contribution is -2.46. The van der Waals surface area contributed by atoms with Gasteiger partial charge in [0.2, 0.25) is 11.9 Å². The molecule has 0 unspecified atom stereocenters. The zero-order valence-electron chi connectivity index (χ0n) is 16.5. The topological polar surface area (TPSA) is 76.5 Å². The van der Waals surface area contributed by atoms with Crippen LogP contribution in [0.4, 0.5) is 20.7 Å². The Kier molecular flexibility index (Phi) is 5.81. The smallest absolute Gasteiger partial charge is 0.264 e. The molecular weight excluding hydrogens is 382 g/mol. The number of hydrogen-bond donors (Lipinski definition) is 0. The van der Waals surface area contributed by atoms with Crippen molar-refractivity contribution < 1.29 is 18.3 Å². The summed E-state index contributed by atoms with van der Waals surface area (Å²) in [7, 11) is 0. The van der Waals surface area contributed by atoms with E-state index in [4.69, 9.17) is 14.5 Å². The molecule has 4 rings (SSSR count). The Labute approximate surface area is 167 Å². The predicted octanol–water partition coefficient (Wildman–Crippen LogP) is 2.32. The standard InChI is InChI=1S/C19H24F2N6O2/c1-12-10-28-7-5-26(12)18-23-17(15-9-22-4-3-14(15)16(20)21)24-19(25-18)27-6-8-29-11-13(27)2/h3-4,9,12-13,16H,5-8,10-11H2,1-2H3/t12-,13-/m0/s1. The fraction of sp³-hybridized carbons (Fsp3) is 0.579. The van der Waals surface area contributed by atoms with E-state index in [1.165, 1.54) is 18.5 Å². The average molecular weight is 406 g/mol. The zero-order chi connectivity index (χ0) is 20.4. The van der Waals surface area contributed by atoms with Gasteiger partial charge in [-0.15, -0.1) is 0 Å². The number of aromatic nitrogens is 4. The number of morpholine rings is 2. The highest BCUT2D eigenvalue weighted by Crippen LogP contribution is 2.31. The van der Waals surface area contributed by atoms with Gasteiger partial charge >= 0.3 is 0 Å². The second-order valence-electron chi connectivity index (χ2n) is 7.26. The lowest BCUT2D eigenvalue weighted by atomic mass is 10.1. The SMILES string of the molecule is C[C@H]1COCCN1c1nc(-c2cnccc2C(F)F)nc(N2CCOC[C@@H]2C)n1. The summed E-state index contributed by atoms with van der Waals surface area (Å²) in [5.41, 5.74) is 0.0716. The van der Waals surface area contributed by atoms with Crippen LogP contribution in [0, 0.1) is 0 Å². The van der Waals surface area contributed by atoms with E-state index in [9.17, 15) is 8.78 Å². The summed E-state index contributed by atoms with van der Waals surface area (Å²) >= 11 is 0. The van der Waals surface area contributed by atoms with Crippen LogP contribution >= 0.6 is 0 Å². The van der Waals surface area contributed by atoms with E-state index in [0.29, 0.717) is 51.4 Å². The van der Waals surface area contributed by atoms with Crippen molar-refractivity contribution >= 4 is 11.9 Å². The normalized spacial score (nSPS) is 22.9. The van der Waals surface area contributed by atoms with Crippen LogP contribution in [0.5, 0.6) is 0 Å². The first kappa shape index (κ1) is 19.8. The molecule has 29 heavy (non-hydrogen) atoms. The van der Waals surface area contributed by atoms with Gasteiger partial charge in [-0.2, -0.15) is 15.0 Å². The summed E-state index contributed by atoms with van der Waals surface area (Å²) in [5, 5.41) is 0. The second-order valence-corrected chi connectivity index (χ2v) is 7.26. The maximum absolute atomic E-state index is 13.6. The molecule has 0 aromatic carbocycles. The average Bonchev–Trinajstić information content (AvgIpc) is 2.74. The Morgan fingerprint density at radius 3 is 2.07 bits per heavy atom. The van der Waals surface area contributed by atoms with Crippen LogP contribution in [0.2, 0.25) is 0 Å². The van der Waals surface area contributed by atoms with E-state index in [-0.39, 0.29) is 29.0 Å². The van der Waals surface area contributed by atoms with Crippen molar-refractivity contribution in [2.24, 2.45) is 0 Å². The number of nitrogens with zero attached hydrogens (tertiary/aromatic N) is 6. The molecule has 0 saturated carbocycles. The first-order valence-electron chi connectivity index (χ1n) is 9.72. The van der Waals surface area contributed by atoms with Crippen LogP contribution in [-0.4, -0.2) is 71.5 Å². The van der Waals surface area contributed by atoms with E-state index in [1.54, 1.807) is 0 Å². The molecule has 2 atom stereocenters. The van der Waals surface area contributed by atoms with Crippen molar-refractivity contribution in [2.75, 3.05) is 49.3 Å². The number of hydrogen-bond acceptors (Lipinski definition) is 8. The monoisotopic (exact) mass is 406 g/mol. The molecule has 2 fully saturated rings. The van der Waals surface area contributed by atoms with E-state index < -0.39 is 6.43 Å². The van der Waals surface area contributed by atoms with Gasteiger partial charge in [-0.1, -0.05) is 0 Å². The molecule has 2 aromatic heterocycles. The highest BCUT2D eigenvalue weighted by Gasteiger charge is 2.28. The van der Waals surface area contributed by atoms with Gasteiger partial charge in [0.05, 0.1) is 38.5 Å². The van der Waals surface area contributed by atoms with E-state index in [1.807, 2.05) is 23.6 Å². The molecule has 0 N–H and O–H groups in total. The van der Waals surface area contributed by atoms with Gasteiger partial charge in [-0.3, -0.25) is 4.98 Å². The van der Waals surface area contributed by atoms with Crippen LogP contribution in [0.3, 0.4) is 0 Å². The molecule has 4 heterocycles. The zero-order valence-corrected chi connectivity index (χ0v) is 16.5. The Morgan fingerprint density at radius 2 is 1.55 bits per heavy atom. The molecule has 0 spiro atoms. The first-order chi connectivity index (χ1) is 14.0. The molecule has 2 aromatic rings. The number of anilines is 2. The molecule has 0 bridgehead atoms. The summed E-state index contributed by atoms with van der Waals surface area (Å²) in [6.07, 6.45) is 0.0825.